The lowest BCUT2D eigenvalue weighted by Gasteiger charge is -2.36. The van der Waals surface area contributed by atoms with Crippen molar-refractivity contribution in [3.63, 3.8) is 0 Å². The van der Waals surface area contributed by atoms with Crippen LogP contribution in [0.25, 0.3) is 0 Å². The van der Waals surface area contributed by atoms with Gasteiger partial charge in [0.1, 0.15) is 0 Å². The molecule has 0 bridgehead atoms. The Labute approximate surface area is 286 Å². The molecule has 16 heteroatoms. The summed E-state index contributed by atoms with van der Waals surface area (Å²) in [4.78, 5) is 46.3. The lowest BCUT2D eigenvalue weighted by atomic mass is 10.1. The molecule has 1 saturated heterocycles. The summed E-state index contributed by atoms with van der Waals surface area (Å²) in [5, 5.41) is 9.68. The van der Waals surface area contributed by atoms with Gasteiger partial charge < -0.3 is 25.2 Å². The van der Waals surface area contributed by atoms with Gasteiger partial charge in [-0.05, 0) is 67.6 Å². The van der Waals surface area contributed by atoms with Crippen LogP contribution in [0.2, 0.25) is 5.02 Å². The van der Waals surface area contributed by atoms with Gasteiger partial charge >= 0.3 is 12.2 Å². The molecule has 2 aliphatic carbocycles. The van der Waals surface area contributed by atoms with E-state index in [1.165, 1.54) is 6.92 Å². The van der Waals surface area contributed by atoms with E-state index >= 15 is 0 Å². The van der Waals surface area contributed by atoms with Crippen molar-refractivity contribution < 1.29 is 27.5 Å². The minimum absolute atomic E-state index is 0.0361. The van der Waals surface area contributed by atoms with E-state index in [0.717, 1.165) is 44.1 Å². The monoisotopic (exact) mass is 699 g/mol. The van der Waals surface area contributed by atoms with Gasteiger partial charge in [-0.25, -0.2) is 4.99 Å². The van der Waals surface area contributed by atoms with Crippen molar-refractivity contribution in [3.8, 4) is 6.01 Å². The molecular formula is C33H37ClF3N9O3. The first-order chi connectivity index (χ1) is 23.4. The molecule has 3 aliphatic rings. The van der Waals surface area contributed by atoms with Gasteiger partial charge in [-0.3, -0.25) is 14.9 Å². The fourth-order valence-corrected chi connectivity index (χ4v) is 6.08. The summed E-state index contributed by atoms with van der Waals surface area (Å²) in [6.45, 7) is 1.88. The molecule has 2 aromatic carbocycles. The summed E-state index contributed by atoms with van der Waals surface area (Å²) in [6.07, 6.45) is 1.23. The molecule has 49 heavy (non-hydrogen) atoms. The Morgan fingerprint density at radius 3 is 2.18 bits per heavy atom. The van der Waals surface area contributed by atoms with Crippen LogP contribution in [-0.2, 0) is 10.3 Å². The van der Waals surface area contributed by atoms with Crippen molar-refractivity contribution in [1.82, 2.24) is 30.1 Å². The first kappa shape index (κ1) is 34.2. The Hall–Kier alpha value is -4.66. The molecule has 0 radical (unpaired) electrons. The van der Waals surface area contributed by atoms with Crippen molar-refractivity contribution >= 4 is 47.0 Å². The van der Waals surface area contributed by atoms with Crippen molar-refractivity contribution in [2.24, 2.45) is 4.99 Å². The van der Waals surface area contributed by atoms with Gasteiger partial charge in [0.25, 0.3) is 5.91 Å². The van der Waals surface area contributed by atoms with Gasteiger partial charge in [0, 0.05) is 49.4 Å². The number of rotatable bonds is 9. The summed E-state index contributed by atoms with van der Waals surface area (Å²) >= 11 is 6.04. The number of anilines is 3. The molecule has 0 atom stereocenters. The maximum Gasteiger partial charge on any atom is 0.422 e. The molecule has 3 fully saturated rings. The Balaban J connectivity index is 1.11. The van der Waals surface area contributed by atoms with Gasteiger partial charge in [-0.15, -0.1) is 0 Å². The number of guanidine groups is 1. The van der Waals surface area contributed by atoms with E-state index in [4.69, 9.17) is 21.3 Å². The fraction of sp³-hybridized carbons (Fsp3) is 0.455. The zero-order chi connectivity index (χ0) is 34.6. The number of benzene rings is 2. The van der Waals surface area contributed by atoms with Gasteiger partial charge in [-0.2, -0.15) is 28.1 Å². The smallest absolute Gasteiger partial charge is 0.422 e. The Bertz CT molecular complexity index is 1670. The molecule has 1 aromatic heterocycles. The zero-order valence-corrected chi connectivity index (χ0v) is 27.7. The molecule has 0 unspecified atom stereocenters. The molecule has 2 heterocycles. The highest BCUT2D eigenvalue weighted by Crippen LogP contribution is 2.48. The van der Waals surface area contributed by atoms with Crippen LogP contribution in [0, 0.1) is 0 Å². The standard InChI is InChI=1S/C33H37ClF3N9O3/c1-21(47)38-30(40-25-4-2-3-5-25)46-18-16-45(17-19-46)27(48)22-6-12-26(13-7-22)39-28-41-29(43-31(42-28)49-20-33(35,36)37)44-32(14-15-32)23-8-10-24(34)11-9-23/h6-13,25H,2-5,14-20H2,1H3,(H,38,40,47)(H2,39,41,42,43,44). The second-order valence-corrected chi connectivity index (χ2v) is 12.9. The van der Waals surface area contributed by atoms with Crippen molar-refractivity contribution in [2.45, 2.75) is 63.2 Å². The highest BCUT2D eigenvalue weighted by atomic mass is 35.5. The number of carbonyl (C=O) groups excluding carboxylic acids is 2. The van der Waals surface area contributed by atoms with Crippen LogP contribution in [0.15, 0.2) is 53.5 Å². The summed E-state index contributed by atoms with van der Waals surface area (Å²) in [7, 11) is 0. The van der Waals surface area contributed by atoms with E-state index in [1.54, 1.807) is 41.3 Å². The maximum absolute atomic E-state index is 13.3. The highest BCUT2D eigenvalue weighted by Gasteiger charge is 2.45. The van der Waals surface area contributed by atoms with Crippen LogP contribution in [0.5, 0.6) is 6.01 Å². The van der Waals surface area contributed by atoms with Crippen LogP contribution in [0.3, 0.4) is 0 Å². The number of nitrogens with zero attached hydrogens (tertiary/aromatic N) is 6. The fourth-order valence-electron chi connectivity index (χ4n) is 5.96. The van der Waals surface area contributed by atoms with Crippen LogP contribution < -0.4 is 20.7 Å². The molecule has 6 rings (SSSR count). The summed E-state index contributed by atoms with van der Waals surface area (Å²) < 4.78 is 43.7. The lowest BCUT2D eigenvalue weighted by molar-refractivity contribution is -0.154. The number of hydrogen-bond donors (Lipinski definition) is 3. The third kappa shape index (κ3) is 9.08. The SMILES string of the molecule is CC(=O)NC(=NC1CCCC1)N1CCN(C(=O)c2ccc(Nc3nc(NC4(c5ccc(Cl)cc5)CC4)nc(OCC(F)(F)F)n3)cc2)CC1. The number of aromatic nitrogens is 3. The second-order valence-electron chi connectivity index (χ2n) is 12.4. The number of amides is 2. The molecule has 12 nitrogen and oxygen atoms in total. The average Bonchev–Trinajstić information content (AvgIpc) is 3.66. The zero-order valence-electron chi connectivity index (χ0n) is 26.9. The first-order valence-corrected chi connectivity index (χ1v) is 16.6. The van der Waals surface area contributed by atoms with Crippen LogP contribution >= 0.6 is 11.6 Å². The lowest BCUT2D eigenvalue weighted by Crippen LogP contribution is -2.54. The summed E-state index contributed by atoms with van der Waals surface area (Å²) in [6, 6.07) is 13.6. The van der Waals surface area contributed by atoms with E-state index in [1.807, 2.05) is 17.0 Å². The van der Waals surface area contributed by atoms with Crippen molar-refractivity contribution in [3.05, 3.63) is 64.7 Å². The van der Waals surface area contributed by atoms with E-state index in [-0.39, 0.29) is 29.8 Å². The van der Waals surface area contributed by atoms with Crippen LogP contribution in [-0.4, -0.2) is 87.5 Å². The minimum Gasteiger partial charge on any atom is -0.454 e. The van der Waals surface area contributed by atoms with Crippen molar-refractivity contribution in [1.29, 1.82) is 0 Å². The van der Waals surface area contributed by atoms with Crippen molar-refractivity contribution in [2.75, 3.05) is 43.4 Å². The van der Waals surface area contributed by atoms with E-state index in [9.17, 15) is 22.8 Å². The minimum atomic E-state index is -4.58. The van der Waals surface area contributed by atoms with Gasteiger partial charge in [0.05, 0.1) is 11.6 Å². The molecule has 260 valence electrons. The predicted molar refractivity (Wildman–Crippen MR) is 178 cm³/mol. The van der Waals surface area contributed by atoms with E-state index in [0.29, 0.717) is 48.4 Å². The Morgan fingerprint density at radius 2 is 1.57 bits per heavy atom. The molecule has 1 aliphatic heterocycles. The van der Waals surface area contributed by atoms with Gasteiger partial charge in [0.15, 0.2) is 6.61 Å². The van der Waals surface area contributed by atoms with E-state index in [2.05, 4.69) is 30.9 Å². The second kappa shape index (κ2) is 14.4. The normalized spacial score (nSPS) is 17.9. The summed E-state index contributed by atoms with van der Waals surface area (Å²) in [5.74, 6) is 0.256. The molecule has 0 spiro atoms. The summed E-state index contributed by atoms with van der Waals surface area (Å²) in [5.41, 5.74) is 1.41. The molecular weight excluding hydrogens is 663 g/mol. The van der Waals surface area contributed by atoms with E-state index < -0.39 is 24.3 Å². The number of aliphatic imine (C=N–C) groups is 1. The topological polar surface area (TPSA) is 137 Å². The molecule has 2 saturated carbocycles. The first-order valence-electron chi connectivity index (χ1n) is 16.2. The highest BCUT2D eigenvalue weighted by molar-refractivity contribution is 6.30. The predicted octanol–water partition coefficient (Wildman–Crippen LogP) is 5.50. The number of nitrogens with one attached hydrogen (secondary N) is 3. The Kier molecular flexibility index (Phi) is 10.1. The van der Waals surface area contributed by atoms with Crippen LogP contribution in [0.4, 0.5) is 30.8 Å². The molecule has 2 amide bonds. The number of hydrogen-bond acceptors (Lipinski definition) is 9. The third-order valence-corrected chi connectivity index (χ3v) is 8.90. The number of alkyl halides is 3. The molecule has 3 aromatic rings. The Morgan fingerprint density at radius 1 is 0.939 bits per heavy atom. The molecule has 3 N–H and O–H groups in total. The largest absolute Gasteiger partial charge is 0.454 e. The number of ether oxygens (including phenoxy) is 1. The van der Waals surface area contributed by atoms with Crippen LogP contribution in [0.1, 0.15) is 61.4 Å². The number of piperazine rings is 1. The third-order valence-electron chi connectivity index (χ3n) is 8.65. The van der Waals surface area contributed by atoms with Gasteiger partial charge in [-0.1, -0.05) is 36.6 Å². The average molecular weight is 700 g/mol. The number of halogens is 4. The quantitative estimate of drug-likeness (QED) is 0.195. The van der Waals surface area contributed by atoms with Gasteiger partial charge in [0.2, 0.25) is 23.8 Å². The number of carbonyl (C=O) groups is 2. The maximum atomic E-state index is 13.3.